The maximum atomic E-state index is 5.59. The van der Waals surface area contributed by atoms with Gasteiger partial charge in [0, 0.05) is 24.8 Å². The second-order valence-electron chi connectivity index (χ2n) is 6.63. The van der Waals surface area contributed by atoms with Gasteiger partial charge in [-0.1, -0.05) is 19.9 Å². The third kappa shape index (κ3) is 3.46. The minimum Gasteiger partial charge on any atom is -0.381 e. The summed E-state index contributed by atoms with van der Waals surface area (Å²) in [4.78, 5) is 7.61. The molecule has 0 radical (unpaired) electrons. The molecule has 3 nitrogen and oxygen atoms in total. The largest absolute Gasteiger partial charge is 0.381 e. The molecule has 1 aromatic heterocycles. The number of hydrogen-bond acceptors (Lipinski definition) is 3. The van der Waals surface area contributed by atoms with Crippen LogP contribution in [0.1, 0.15) is 68.3 Å². The average Bonchev–Trinajstić information content (AvgIpc) is 3.19. The molecule has 2 fully saturated rings. The summed E-state index contributed by atoms with van der Waals surface area (Å²) in [5, 5.41) is 0. The van der Waals surface area contributed by atoms with Gasteiger partial charge < -0.3 is 4.74 Å². The molecule has 116 valence electrons. The van der Waals surface area contributed by atoms with E-state index in [-0.39, 0.29) is 0 Å². The van der Waals surface area contributed by atoms with E-state index in [0.29, 0.717) is 11.8 Å². The number of ether oxygens (including phenoxy) is 1. The molecule has 1 unspecified atom stereocenters. The summed E-state index contributed by atoms with van der Waals surface area (Å²) in [5.74, 6) is 1.11. The van der Waals surface area contributed by atoms with Crippen LogP contribution >= 0.6 is 0 Å². The van der Waals surface area contributed by atoms with Crippen LogP contribution in [0.25, 0.3) is 0 Å². The lowest BCUT2D eigenvalue weighted by atomic mass is 9.94. The molecular formula is C18H28N2O. The van der Waals surface area contributed by atoms with Crippen molar-refractivity contribution in [2.75, 3.05) is 26.3 Å². The van der Waals surface area contributed by atoms with Gasteiger partial charge in [0.05, 0.1) is 12.3 Å². The van der Waals surface area contributed by atoms with Crippen molar-refractivity contribution in [3.8, 4) is 0 Å². The van der Waals surface area contributed by atoms with Gasteiger partial charge in [-0.25, -0.2) is 0 Å². The Balaban J connectivity index is 1.86. The van der Waals surface area contributed by atoms with Crippen molar-refractivity contribution in [2.24, 2.45) is 0 Å². The zero-order valence-corrected chi connectivity index (χ0v) is 13.5. The zero-order chi connectivity index (χ0) is 14.7. The number of rotatable bonds is 5. The van der Waals surface area contributed by atoms with Crippen LogP contribution in [0.3, 0.4) is 0 Å². The summed E-state index contributed by atoms with van der Waals surface area (Å²) in [6.45, 7) is 9.78. The topological polar surface area (TPSA) is 25.4 Å². The van der Waals surface area contributed by atoms with E-state index < -0.39 is 0 Å². The van der Waals surface area contributed by atoms with Crippen molar-refractivity contribution in [3.05, 3.63) is 29.1 Å². The Labute approximate surface area is 128 Å². The van der Waals surface area contributed by atoms with Gasteiger partial charge in [0.1, 0.15) is 0 Å². The molecular weight excluding hydrogens is 260 g/mol. The lowest BCUT2D eigenvalue weighted by Gasteiger charge is -2.21. The molecule has 2 aliphatic heterocycles. The Morgan fingerprint density at radius 3 is 2.81 bits per heavy atom. The van der Waals surface area contributed by atoms with Crippen LogP contribution in [0.4, 0.5) is 0 Å². The van der Waals surface area contributed by atoms with Gasteiger partial charge >= 0.3 is 0 Å². The number of hydrogen-bond donors (Lipinski definition) is 0. The van der Waals surface area contributed by atoms with Gasteiger partial charge in [0.15, 0.2) is 0 Å². The average molecular weight is 288 g/mol. The summed E-state index contributed by atoms with van der Waals surface area (Å²) in [5.41, 5.74) is 4.01. The maximum absolute atomic E-state index is 5.59. The summed E-state index contributed by atoms with van der Waals surface area (Å²) in [6, 6.07) is 4.58. The van der Waals surface area contributed by atoms with E-state index in [0.717, 1.165) is 32.6 Å². The van der Waals surface area contributed by atoms with E-state index >= 15 is 0 Å². The highest BCUT2D eigenvalue weighted by Crippen LogP contribution is 2.30. The minimum atomic E-state index is 0.552. The first-order valence-corrected chi connectivity index (χ1v) is 8.57. The SMILES string of the molecule is CCC(C)c1ccc([C@@H]2CCOC2)c(CN2CCCC2)n1. The molecule has 1 aromatic rings. The molecule has 0 spiro atoms. The molecule has 2 saturated heterocycles. The van der Waals surface area contributed by atoms with E-state index in [9.17, 15) is 0 Å². The Kier molecular flexibility index (Phi) is 4.91. The number of nitrogens with zero attached hydrogens (tertiary/aromatic N) is 2. The molecule has 0 saturated carbocycles. The van der Waals surface area contributed by atoms with Gasteiger partial charge in [0.2, 0.25) is 0 Å². The second kappa shape index (κ2) is 6.89. The molecule has 2 aliphatic rings. The summed E-state index contributed by atoms with van der Waals surface area (Å²) in [7, 11) is 0. The van der Waals surface area contributed by atoms with Crippen LogP contribution in [-0.4, -0.2) is 36.2 Å². The molecule has 3 heterocycles. The molecule has 0 bridgehead atoms. The van der Waals surface area contributed by atoms with Crippen molar-refractivity contribution < 1.29 is 4.74 Å². The summed E-state index contributed by atoms with van der Waals surface area (Å²) in [6.07, 6.45) is 4.99. The van der Waals surface area contributed by atoms with Crippen LogP contribution < -0.4 is 0 Å². The van der Waals surface area contributed by atoms with Gasteiger partial charge in [-0.3, -0.25) is 9.88 Å². The first-order chi connectivity index (χ1) is 10.3. The number of pyridine rings is 1. The molecule has 3 rings (SSSR count). The molecule has 21 heavy (non-hydrogen) atoms. The highest BCUT2D eigenvalue weighted by atomic mass is 16.5. The standard InChI is InChI=1S/C18H28N2O/c1-3-14(2)17-7-6-16(15-8-11-21-13-15)18(19-17)12-20-9-4-5-10-20/h6-7,14-15H,3-5,8-13H2,1-2H3/t14?,15-/m1/s1. The molecule has 0 N–H and O–H groups in total. The quantitative estimate of drug-likeness (QED) is 0.826. The van der Waals surface area contributed by atoms with Gasteiger partial charge in [-0.05, 0) is 56.3 Å². The predicted molar refractivity (Wildman–Crippen MR) is 85.6 cm³/mol. The third-order valence-corrected chi connectivity index (χ3v) is 5.09. The fraction of sp³-hybridized carbons (Fsp3) is 0.722. The van der Waals surface area contributed by atoms with Crippen LogP contribution in [0.5, 0.6) is 0 Å². The predicted octanol–water partition coefficient (Wildman–Crippen LogP) is 3.69. The van der Waals surface area contributed by atoms with Crippen LogP contribution in [0.2, 0.25) is 0 Å². The fourth-order valence-corrected chi connectivity index (χ4v) is 3.44. The highest BCUT2D eigenvalue weighted by molar-refractivity contribution is 5.29. The Hall–Kier alpha value is -0.930. The lowest BCUT2D eigenvalue weighted by molar-refractivity contribution is 0.193. The lowest BCUT2D eigenvalue weighted by Crippen LogP contribution is -2.21. The van der Waals surface area contributed by atoms with Gasteiger partial charge in [0.25, 0.3) is 0 Å². The first-order valence-electron chi connectivity index (χ1n) is 8.57. The minimum absolute atomic E-state index is 0.552. The van der Waals surface area contributed by atoms with Crippen molar-refractivity contribution in [3.63, 3.8) is 0 Å². The summed E-state index contributed by atoms with van der Waals surface area (Å²) >= 11 is 0. The van der Waals surface area contributed by atoms with Gasteiger partial charge in [-0.2, -0.15) is 0 Å². The van der Waals surface area contributed by atoms with Crippen LogP contribution in [0.15, 0.2) is 12.1 Å². The normalized spacial score (nSPS) is 24.6. The summed E-state index contributed by atoms with van der Waals surface area (Å²) < 4.78 is 5.59. The smallest absolute Gasteiger partial charge is 0.0583 e. The van der Waals surface area contributed by atoms with Crippen molar-refractivity contribution >= 4 is 0 Å². The van der Waals surface area contributed by atoms with Crippen LogP contribution in [0, 0.1) is 0 Å². The van der Waals surface area contributed by atoms with E-state index in [4.69, 9.17) is 9.72 Å². The second-order valence-corrected chi connectivity index (χ2v) is 6.63. The maximum Gasteiger partial charge on any atom is 0.0583 e. The van der Waals surface area contributed by atoms with E-state index in [1.807, 2.05) is 0 Å². The molecule has 0 amide bonds. The first kappa shape index (κ1) is 15.0. The zero-order valence-electron chi connectivity index (χ0n) is 13.5. The van der Waals surface area contributed by atoms with Crippen molar-refractivity contribution in [1.82, 2.24) is 9.88 Å². The molecule has 2 atom stereocenters. The highest BCUT2D eigenvalue weighted by Gasteiger charge is 2.24. The molecule has 0 aromatic carbocycles. The van der Waals surface area contributed by atoms with E-state index in [1.54, 1.807) is 0 Å². The number of likely N-dealkylation sites (tertiary alicyclic amines) is 1. The van der Waals surface area contributed by atoms with Gasteiger partial charge in [-0.15, -0.1) is 0 Å². The van der Waals surface area contributed by atoms with E-state index in [2.05, 4.69) is 30.9 Å². The Morgan fingerprint density at radius 2 is 2.14 bits per heavy atom. The van der Waals surface area contributed by atoms with Crippen molar-refractivity contribution in [2.45, 2.75) is 57.9 Å². The Bertz CT molecular complexity index is 462. The number of aromatic nitrogens is 1. The van der Waals surface area contributed by atoms with Crippen LogP contribution in [-0.2, 0) is 11.3 Å². The molecule has 3 heteroatoms. The Morgan fingerprint density at radius 1 is 1.33 bits per heavy atom. The molecule has 0 aliphatic carbocycles. The van der Waals surface area contributed by atoms with Crippen molar-refractivity contribution in [1.29, 1.82) is 0 Å². The fourth-order valence-electron chi connectivity index (χ4n) is 3.44. The third-order valence-electron chi connectivity index (χ3n) is 5.09. The van der Waals surface area contributed by atoms with E-state index in [1.165, 1.54) is 42.9 Å². The monoisotopic (exact) mass is 288 g/mol.